The fourth-order valence-corrected chi connectivity index (χ4v) is 4.48. The molecule has 0 fully saturated rings. The summed E-state index contributed by atoms with van der Waals surface area (Å²) in [4.78, 5) is 14.4. The first-order valence-electron chi connectivity index (χ1n) is 8.85. The molecule has 1 amide bonds. The van der Waals surface area contributed by atoms with Crippen LogP contribution in [0, 0.1) is 11.3 Å². The average Bonchev–Trinajstić information content (AvgIpc) is 2.69. The van der Waals surface area contributed by atoms with Gasteiger partial charge in [0.25, 0.3) is 5.91 Å². The van der Waals surface area contributed by atoms with E-state index in [0.29, 0.717) is 13.1 Å². The molecular formula is C20H22ClN3O3S. The summed E-state index contributed by atoms with van der Waals surface area (Å²) < 4.78 is 26.9. The molecule has 0 unspecified atom stereocenters. The summed E-state index contributed by atoms with van der Waals surface area (Å²) >= 11 is 6.20. The quantitative estimate of drug-likeness (QED) is 0.613. The highest BCUT2D eigenvalue weighted by Gasteiger charge is 2.25. The van der Waals surface area contributed by atoms with Crippen molar-refractivity contribution in [2.24, 2.45) is 0 Å². The lowest BCUT2D eigenvalue weighted by Gasteiger charge is -2.22. The number of carbonyl (C=O) groups is 1. The number of rotatable bonds is 8. The number of nitriles is 1. The van der Waals surface area contributed by atoms with Crippen LogP contribution in [0.25, 0.3) is 0 Å². The molecule has 28 heavy (non-hydrogen) atoms. The monoisotopic (exact) mass is 419 g/mol. The minimum atomic E-state index is -3.73. The van der Waals surface area contributed by atoms with E-state index in [2.05, 4.69) is 0 Å². The van der Waals surface area contributed by atoms with Gasteiger partial charge in [-0.05, 0) is 23.8 Å². The van der Waals surface area contributed by atoms with Gasteiger partial charge in [0.1, 0.15) is 6.54 Å². The summed E-state index contributed by atoms with van der Waals surface area (Å²) in [5.41, 5.74) is 0.912. The van der Waals surface area contributed by atoms with Crippen LogP contribution in [0.3, 0.4) is 0 Å². The highest BCUT2D eigenvalue weighted by molar-refractivity contribution is 7.89. The Bertz CT molecular complexity index is 968. The molecule has 2 aromatic rings. The molecule has 0 radical (unpaired) electrons. The third-order valence-electron chi connectivity index (χ3n) is 4.28. The predicted octanol–water partition coefficient (Wildman–Crippen LogP) is 3.54. The molecule has 8 heteroatoms. The Kier molecular flexibility index (Phi) is 7.58. The summed E-state index contributed by atoms with van der Waals surface area (Å²) in [6.07, 6.45) is 0. The number of hydrogen-bond acceptors (Lipinski definition) is 4. The molecule has 0 aliphatic heterocycles. The van der Waals surface area contributed by atoms with E-state index < -0.39 is 15.9 Å². The van der Waals surface area contributed by atoms with E-state index >= 15 is 0 Å². The molecule has 2 rings (SSSR count). The lowest BCUT2D eigenvalue weighted by molar-refractivity contribution is 0.0765. The van der Waals surface area contributed by atoms with E-state index in [-0.39, 0.29) is 28.6 Å². The van der Waals surface area contributed by atoms with Crippen molar-refractivity contribution in [3.05, 3.63) is 64.7 Å². The number of nitrogens with zero attached hydrogens (tertiary/aromatic N) is 3. The molecule has 2 aromatic carbocycles. The second-order valence-corrected chi connectivity index (χ2v) is 8.38. The molecule has 0 aromatic heterocycles. The van der Waals surface area contributed by atoms with Crippen LogP contribution in [0.2, 0.25) is 5.02 Å². The van der Waals surface area contributed by atoms with Crippen molar-refractivity contribution in [1.29, 1.82) is 5.26 Å². The van der Waals surface area contributed by atoms with Gasteiger partial charge < -0.3 is 4.90 Å². The van der Waals surface area contributed by atoms with Crippen molar-refractivity contribution in [3.63, 3.8) is 0 Å². The lowest BCUT2D eigenvalue weighted by atomic mass is 10.1. The van der Waals surface area contributed by atoms with Crippen molar-refractivity contribution < 1.29 is 13.2 Å². The van der Waals surface area contributed by atoms with Gasteiger partial charge in [0.15, 0.2) is 0 Å². The summed E-state index contributed by atoms with van der Waals surface area (Å²) in [5.74, 6) is -0.494. The highest BCUT2D eigenvalue weighted by Crippen LogP contribution is 2.25. The zero-order chi connectivity index (χ0) is 20.7. The summed E-state index contributed by atoms with van der Waals surface area (Å²) in [6.45, 7) is 4.21. The van der Waals surface area contributed by atoms with Crippen molar-refractivity contribution in [2.75, 3.05) is 19.6 Å². The van der Waals surface area contributed by atoms with Crippen LogP contribution in [0.1, 0.15) is 29.8 Å². The van der Waals surface area contributed by atoms with E-state index in [1.807, 2.05) is 36.4 Å². The summed E-state index contributed by atoms with van der Waals surface area (Å²) in [5, 5.41) is 9.26. The number of carbonyl (C=O) groups excluding carboxylic acids is 1. The lowest BCUT2D eigenvalue weighted by Crippen LogP contribution is -2.32. The number of halogens is 1. The molecule has 148 valence electrons. The van der Waals surface area contributed by atoms with Crippen molar-refractivity contribution in [3.8, 4) is 6.07 Å². The number of sulfonamides is 1. The van der Waals surface area contributed by atoms with Crippen LogP contribution in [0.5, 0.6) is 0 Å². The molecule has 0 spiro atoms. The van der Waals surface area contributed by atoms with Crippen LogP contribution in [0.4, 0.5) is 0 Å². The normalized spacial score (nSPS) is 11.2. The molecule has 0 heterocycles. The highest BCUT2D eigenvalue weighted by atomic mass is 35.5. The van der Waals surface area contributed by atoms with Gasteiger partial charge in [-0.1, -0.05) is 55.8 Å². The summed E-state index contributed by atoms with van der Waals surface area (Å²) in [7, 11) is -3.73. The van der Waals surface area contributed by atoms with E-state index in [1.165, 1.54) is 27.4 Å². The largest absolute Gasteiger partial charge is 0.321 e. The Balaban J connectivity index is 2.42. The van der Waals surface area contributed by atoms with Crippen LogP contribution in [-0.2, 0) is 16.6 Å². The fraction of sp³-hybridized carbons (Fsp3) is 0.300. The number of hydrogen-bond donors (Lipinski definition) is 0. The number of benzene rings is 2. The Morgan fingerprint density at radius 2 is 1.75 bits per heavy atom. The molecule has 0 bridgehead atoms. The molecule has 0 saturated heterocycles. The zero-order valence-corrected chi connectivity index (χ0v) is 17.4. The van der Waals surface area contributed by atoms with Crippen molar-refractivity contribution >= 4 is 27.5 Å². The first-order chi connectivity index (χ1) is 13.3. The van der Waals surface area contributed by atoms with Crippen LogP contribution in [0.15, 0.2) is 53.4 Å². The predicted molar refractivity (Wildman–Crippen MR) is 108 cm³/mol. The first-order valence-corrected chi connectivity index (χ1v) is 10.7. The molecule has 6 nitrogen and oxygen atoms in total. The van der Waals surface area contributed by atoms with Gasteiger partial charge in [0.2, 0.25) is 10.0 Å². The fourth-order valence-electron chi connectivity index (χ4n) is 2.80. The summed E-state index contributed by atoms with van der Waals surface area (Å²) in [6, 6.07) is 15.3. The molecular weight excluding hydrogens is 398 g/mol. The zero-order valence-electron chi connectivity index (χ0n) is 15.8. The van der Waals surface area contributed by atoms with Gasteiger partial charge in [-0.3, -0.25) is 4.79 Å². The second-order valence-electron chi connectivity index (χ2n) is 6.04. The van der Waals surface area contributed by atoms with Crippen LogP contribution >= 0.6 is 11.6 Å². The molecule has 0 aliphatic carbocycles. The SMILES string of the molecule is CCN(CC)S(=O)(=O)c1ccc(Cl)c(C(=O)N(CC#N)Cc2ccccc2)c1. The van der Waals surface area contributed by atoms with Gasteiger partial charge in [-0.2, -0.15) is 9.57 Å². The Labute approximate surface area is 171 Å². The third-order valence-corrected chi connectivity index (χ3v) is 6.65. The Hall–Kier alpha value is -2.40. The van der Waals surface area contributed by atoms with Gasteiger partial charge in [0.05, 0.1) is 21.6 Å². The molecule has 0 N–H and O–H groups in total. The standard InChI is InChI=1S/C20H22ClN3O3S/c1-3-24(4-2)28(26,27)17-10-11-19(21)18(14-17)20(25)23(13-12-22)15-16-8-6-5-7-9-16/h5-11,14H,3-4,13,15H2,1-2H3. The Morgan fingerprint density at radius 3 is 2.32 bits per heavy atom. The maximum Gasteiger partial charge on any atom is 0.256 e. The minimum Gasteiger partial charge on any atom is -0.321 e. The van der Waals surface area contributed by atoms with Gasteiger partial charge >= 0.3 is 0 Å². The Morgan fingerprint density at radius 1 is 1.11 bits per heavy atom. The van der Waals surface area contributed by atoms with E-state index in [0.717, 1.165) is 5.56 Å². The molecule has 0 aliphatic rings. The van der Waals surface area contributed by atoms with E-state index in [4.69, 9.17) is 16.9 Å². The van der Waals surface area contributed by atoms with Gasteiger partial charge in [-0.25, -0.2) is 8.42 Å². The molecule has 0 saturated carbocycles. The van der Waals surface area contributed by atoms with Crippen molar-refractivity contribution in [2.45, 2.75) is 25.3 Å². The van der Waals surface area contributed by atoms with Crippen LogP contribution in [-0.4, -0.2) is 43.2 Å². The first kappa shape index (κ1) is 21.9. The minimum absolute atomic E-state index is 0.000527. The molecule has 0 atom stereocenters. The number of amides is 1. The second kappa shape index (κ2) is 9.69. The smallest absolute Gasteiger partial charge is 0.256 e. The van der Waals surface area contributed by atoms with Gasteiger partial charge in [-0.15, -0.1) is 0 Å². The van der Waals surface area contributed by atoms with Gasteiger partial charge in [0, 0.05) is 19.6 Å². The van der Waals surface area contributed by atoms with Crippen LogP contribution < -0.4 is 0 Å². The third kappa shape index (κ3) is 4.90. The average molecular weight is 420 g/mol. The maximum absolute atomic E-state index is 13.0. The van der Waals surface area contributed by atoms with E-state index in [1.54, 1.807) is 13.8 Å². The maximum atomic E-state index is 13.0. The van der Waals surface area contributed by atoms with E-state index in [9.17, 15) is 13.2 Å². The topological polar surface area (TPSA) is 81.5 Å². The van der Waals surface area contributed by atoms with Crippen molar-refractivity contribution in [1.82, 2.24) is 9.21 Å².